The van der Waals surface area contributed by atoms with Crippen LogP contribution in [0.15, 0.2) is 89.1 Å². The molecule has 2 atom stereocenters. The third-order valence-electron chi connectivity index (χ3n) is 6.58. The number of imidazole rings is 1. The molecule has 2 aromatic heterocycles. The zero-order valence-electron chi connectivity index (χ0n) is 22.9. The number of hydrogen-bond donors (Lipinski definition) is 2. The van der Waals surface area contributed by atoms with E-state index in [0.717, 1.165) is 52.7 Å². The summed E-state index contributed by atoms with van der Waals surface area (Å²) in [6.45, 7) is 11.5. The Bertz CT molecular complexity index is 1320. The Hall–Kier alpha value is -3.91. The second-order valence-electron chi connectivity index (χ2n) is 9.45. The summed E-state index contributed by atoms with van der Waals surface area (Å²) in [5, 5.41) is 0. The molecule has 2 unspecified atom stereocenters. The van der Waals surface area contributed by atoms with Crippen molar-refractivity contribution in [3.63, 3.8) is 0 Å². The van der Waals surface area contributed by atoms with E-state index in [1.807, 2.05) is 49.9 Å². The van der Waals surface area contributed by atoms with Gasteiger partial charge < -0.3 is 20.9 Å². The summed E-state index contributed by atoms with van der Waals surface area (Å²) >= 11 is 0. The van der Waals surface area contributed by atoms with E-state index in [1.54, 1.807) is 12.4 Å². The third kappa shape index (κ3) is 5.50. The maximum absolute atomic E-state index is 6.59. The number of hydrogen-bond acceptors (Lipinski definition) is 7. The van der Waals surface area contributed by atoms with Gasteiger partial charge in [-0.3, -0.25) is 14.5 Å². The number of pyridine rings is 1. The molecule has 8 heteroatoms. The molecule has 1 aromatic carbocycles. The molecule has 4 heterocycles. The number of allylic oxidation sites excluding steroid dienone is 2. The number of rotatable bonds is 6. The van der Waals surface area contributed by atoms with Gasteiger partial charge in [-0.15, -0.1) is 0 Å². The van der Waals surface area contributed by atoms with Gasteiger partial charge in [-0.05, 0) is 57.0 Å². The SMILES string of the molecule is CC.CC1=C(C(=NC(C)C)C2CCOC2)C(c2ccc(-n3ccnc3-c3cccnc3)cc2)C(N)=C(N)O1. The number of aliphatic imine (C=N–C) groups is 1. The van der Waals surface area contributed by atoms with E-state index in [-0.39, 0.29) is 23.8 Å². The van der Waals surface area contributed by atoms with Gasteiger partial charge in [-0.2, -0.15) is 0 Å². The van der Waals surface area contributed by atoms with Gasteiger partial charge in [0, 0.05) is 65.9 Å². The maximum atomic E-state index is 6.59. The molecule has 0 saturated carbocycles. The summed E-state index contributed by atoms with van der Waals surface area (Å²) in [6, 6.07) is 12.3. The first-order chi connectivity index (χ1) is 18.4. The summed E-state index contributed by atoms with van der Waals surface area (Å²) in [4.78, 5) is 13.8. The number of aromatic nitrogens is 3. The summed E-state index contributed by atoms with van der Waals surface area (Å²) < 4.78 is 13.7. The fourth-order valence-corrected chi connectivity index (χ4v) is 4.93. The van der Waals surface area contributed by atoms with E-state index in [9.17, 15) is 0 Å². The summed E-state index contributed by atoms with van der Waals surface area (Å²) in [6.07, 6.45) is 8.22. The fraction of sp³-hybridized carbons (Fsp3) is 0.367. The van der Waals surface area contributed by atoms with Gasteiger partial charge in [0.25, 0.3) is 0 Å². The van der Waals surface area contributed by atoms with E-state index in [2.05, 4.69) is 48.1 Å². The van der Waals surface area contributed by atoms with Crippen LogP contribution in [0.25, 0.3) is 17.1 Å². The van der Waals surface area contributed by atoms with Crippen LogP contribution in [-0.4, -0.2) is 39.5 Å². The van der Waals surface area contributed by atoms with Crippen LogP contribution in [0.3, 0.4) is 0 Å². The van der Waals surface area contributed by atoms with Gasteiger partial charge in [-0.25, -0.2) is 4.98 Å². The van der Waals surface area contributed by atoms with Crippen LogP contribution in [0, 0.1) is 5.92 Å². The van der Waals surface area contributed by atoms with Gasteiger partial charge >= 0.3 is 0 Å². The van der Waals surface area contributed by atoms with Gasteiger partial charge in [0.1, 0.15) is 11.6 Å². The van der Waals surface area contributed by atoms with Crippen LogP contribution in [0.4, 0.5) is 0 Å². The minimum atomic E-state index is -0.258. The first-order valence-corrected chi connectivity index (χ1v) is 13.3. The quantitative estimate of drug-likeness (QED) is 0.430. The fourth-order valence-electron chi connectivity index (χ4n) is 4.93. The predicted octanol–water partition coefficient (Wildman–Crippen LogP) is 5.32. The first-order valence-electron chi connectivity index (χ1n) is 13.3. The summed E-state index contributed by atoms with van der Waals surface area (Å²) in [5.41, 5.74) is 18.3. The molecule has 8 nitrogen and oxygen atoms in total. The normalized spacial score (nSPS) is 19.9. The lowest BCUT2D eigenvalue weighted by molar-refractivity contribution is 0.193. The predicted molar refractivity (Wildman–Crippen MR) is 152 cm³/mol. The highest BCUT2D eigenvalue weighted by atomic mass is 16.5. The lowest BCUT2D eigenvalue weighted by Gasteiger charge is -2.32. The zero-order valence-corrected chi connectivity index (χ0v) is 22.9. The lowest BCUT2D eigenvalue weighted by atomic mass is 9.80. The van der Waals surface area contributed by atoms with Crippen molar-refractivity contribution in [1.29, 1.82) is 0 Å². The van der Waals surface area contributed by atoms with Crippen LogP contribution >= 0.6 is 0 Å². The van der Waals surface area contributed by atoms with Gasteiger partial charge in [0.2, 0.25) is 5.88 Å². The van der Waals surface area contributed by atoms with Crippen LogP contribution in [-0.2, 0) is 9.47 Å². The van der Waals surface area contributed by atoms with Gasteiger partial charge in [0.15, 0.2) is 0 Å². The van der Waals surface area contributed by atoms with Crippen molar-refractivity contribution in [3.8, 4) is 17.1 Å². The smallest absolute Gasteiger partial charge is 0.210 e. The summed E-state index contributed by atoms with van der Waals surface area (Å²) in [7, 11) is 0. The number of ether oxygens (including phenoxy) is 2. The molecule has 1 fully saturated rings. The Morgan fingerprint density at radius 3 is 2.50 bits per heavy atom. The monoisotopic (exact) mass is 514 g/mol. The molecule has 2 aliphatic heterocycles. The highest BCUT2D eigenvalue weighted by Crippen LogP contribution is 2.40. The molecule has 1 saturated heterocycles. The zero-order chi connectivity index (χ0) is 27.2. The highest BCUT2D eigenvalue weighted by Gasteiger charge is 2.36. The van der Waals surface area contributed by atoms with Crippen molar-refractivity contribution < 1.29 is 9.47 Å². The molecule has 0 amide bonds. The second-order valence-corrected chi connectivity index (χ2v) is 9.45. The molecule has 2 aliphatic rings. The average molecular weight is 515 g/mol. The van der Waals surface area contributed by atoms with E-state index in [4.69, 9.17) is 25.9 Å². The molecule has 0 radical (unpaired) electrons. The Labute approximate surface area is 225 Å². The van der Waals surface area contributed by atoms with Crippen molar-refractivity contribution in [3.05, 3.63) is 89.7 Å². The van der Waals surface area contributed by atoms with Gasteiger partial charge in [-0.1, -0.05) is 26.0 Å². The maximum Gasteiger partial charge on any atom is 0.210 e. The third-order valence-corrected chi connectivity index (χ3v) is 6.58. The molecule has 38 heavy (non-hydrogen) atoms. The van der Waals surface area contributed by atoms with E-state index < -0.39 is 0 Å². The molecular weight excluding hydrogens is 476 g/mol. The standard InChI is InChI=1S/C28H32N6O2.C2H6/c1-17(2)33-26(21-10-14-35-16-21)23-18(3)36-27(30)25(29)24(23)19-6-8-22(9-7-19)34-13-12-32-28(34)20-5-4-11-31-15-20;1-2/h4-9,11-13,15,17,21,24H,10,14,16,29-30H2,1-3H3;1-2H3. The largest absolute Gasteiger partial charge is 0.444 e. The molecule has 5 rings (SSSR count). The Morgan fingerprint density at radius 2 is 1.87 bits per heavy atom. The van der Waals surface area contributed by atoms with Crippen LogP contribution in [0.5, 0.6) is 0 Å². The Morgan fingerprint density at radius 1 is 1.11 bits per heavy atom. The van der Waals surface area contributed by atoms with Crippen molar-refractivity contribution >= 4 is 5.71 Å². The van der Waals surface area contributed by atoms with Crippen molar-refractivity contribution in [2.45, 2.75) is 53.0 Å². The van der Waals surface area contributed by atoms with Crippen molar-refractivity contribution in [2.24, 2.45) is 22.4 Å². The van der Waals surface area contributed by atoms with Crippen LogP contribution in [0.1, 0.15) is 52.5 Å². The van der Waals surface area contributed by atoms with Gasteiger partial charge in [0.05, 0.1) is 18.2 Å². The average Bonchev–Trinajstić information content (AvgIpc) is 3.64. The first kappa shape index (κ1) is 27.1. The Kier molecular flexibility index (Phi) is 8.63. The van der Waals surface area contributed by atoms with Crippen LogP contribution < -0.4 is 11.5 Å². The molecule has 3 aromatic rings. The minimum Gasteiger partial charge on any atom is -0.444 e. The second kappa shape index (κ2) is 12.1. The summed E-state index contributed by atoms with van der Waals surface area (Å²) in [5.74, 6) is 1.74. The minimum absolute atomic E-state index is 0.126. The van der Waals surface area contributed by atoms with E-state index in [1.165, 1.54) is 0 Å². The Balaban J connectivity index is 0.00000164. The molecule has 0 bridgehead atoms. The topological polar surface area (TPSA) is 114 Å². The molecule has 0 spiro atoms. The van der Waals surface area contributed by atoms with E-state index >= 15 is 0 Å². The molecule has 4 N–H and O–H groups in total. The lowest BCUT2D eigenvalue weighted by Crippen LogP contribution is -2.32. The van der Waals surface area contributed by atoms with Crippen LogP contribution in [0.2, 0.25) is 0 Å². The number of nitrogens with zero attached hydrogens (tertiary/aromatic N) is 4. The number of benzene rings is 1. The van der Waals surface area contributed by atoms with Crippen molar-refractivity contribution in [1.82, 2.24) is 14.5 Å². The molecule has 0 aliphatic carbocycles. The highest BCUT2D eigenvalue weighted by molar-refractivity contribution is 6.04. The number of nitrogens with two attached hydrogens (primary N) is 2. The van der Waals surface area contributed by atoms with Crippen molar-refractivity contribution in [2.75, 3.05) is 13.2 Å². The molecule has 200 valence electrons. The molecular formula is C30H38N6O2. The van der Waals surface area contributed by atoms with E-state index in [0.29, 0.717) is 12.3 Å².